The summed E-state index contributed by atoms with van der Waals surface area (Å²) in [6.07, 6.45) is 1.76. The number of rotatable bonds is 9. The Morgan fingerprint density at radius 3 is 2.24 bits per heavy atom. The maximum Gasteiger partial charge on any atom is 0.326 e. The van der Waals surface area contributed by atoms with Crippen molar-refractivity contribution in [1.82, 2.24) is 10.2 Å². The molecule has 2 unspecified atom stereocenters. The third-order valence-corrected chi connectivity index (χ3v) is 4.39. The van der Waals surface area contributed by atoms with Gasteiger partial charge in [0.2, 0.25) is 0 Å². The van der Waals surface area contributed by atoms with Gasteiger partial charge in [0.1, 0.15) is 5.54 Å². The standard InChI is InChI=1S/C17H36N2O2/c1-9-18-17(7,15(20)21-10-2)12-11-13-19(8)14(3)16(4,5)6/h14,18H,9-13H2,1-8H3. The van der Waals surface area contributed by atoms with Crippen LogP contribution in [-0.4, -0.2) is 49.2 Å². The highest BCUT2D eigenvalue weighted by atomic mass is 16.5. The van der Waals surface area contributed by atoms with Crippen LogP contribution in [0.5, 0.6) is 0 Å². The number of ether oxygens (including phenoxy) is 1. The SMILES string of the molecule is CCNC(C)(CCCN(C)C(C)C(C)(C)C)C(=O)OCC. The van der Waals surface area contributed by atoms with Gasteiger partial charge in [-0.25, -0.2) is 0 Å². The number of nitrogens with zero attached hydrogens (tertiary/aromatic N) is 1. The van der Waals surface area contributed by atoms with Crippen LogP contribution in [0.3, 0.4) is 0 Å². The van der Waals surface area contributed by atoms with Crippen LogP contribution in [-0.2, 0) is 9.53 Å². The molecule has 0 fully saturated rings. The largest absolute Gasteiger partial charge is 0.465 e. The number of carbonyl (C=O) groups is 1. The van der Waals surface area contributed by atoms with Crippen LogP contribution in [0.2, 0.25) is 0 Å². The zero-order valence-electron chi connectivity index (χ0n) is 15.4. The maximum atomic E-state index is 12.1. The van der Waals surface area contributed by atoms with E-state index >= 15 is 0 Å². The van der Waals surface area contributed by atoms with Crippen molar-refractivity contribution in [2.75, 3.05) is 26.7 Å². The van der Waals surface area contributed by atoms with Gasteiger partial charge >= 0.3 is 5.97 Å². The van der Waals surface area contributed by atoms with Crippen LogP contribution in [0.4, 0.5) is 0 Å². The number of nitrogens with one attached hydrogen (secondary N) is 1. The second kappa shape index (κ2) is 8.74. The fourth-order valence-corrected chi connectivity index (χ4v) is 2.48. The Labute approximate surface area is 131 Å². The molecule has 126 valence electrons. The van der Waals surface area contributed by atoms with Crippen molar-refractivity contribution in [2.24, 2.45) is 5.41 Å². The molecule has 2 atom stereocenters. The average molecular weight is 300 g/mol. The van der Waals surface area contributed by atoms with E-state index in [1.54, 1.807) is 0 Å². The third kappa shape index (κ3) is 6.79. The molecule has 0 aliphatic carbocycles. The molecule has 0 aliphatic heterocycles. The minimum atomic E-state index is -0.573. The molecule has 0 saturated heterocycles. The molecule has 1 N–H and O–H groups in total. The van der Waals surface area contributed by atoms with Crippen molar-refractivity contribution in [1.29, 1.82) is 0 Å². The van der Waals surface area contributed by atoms with Gasteiger partial charge in [-0.05, 0) is 59.2 Å². The monoisotopic (exact) mass is 300 g/mol. The molecule has 0 rings (SSSR count). The van der Waals surface area contributed by atoms with Gasteiger partial charge in [0, 0.05) is 6.04 Å². The smallest absolute Gasteiger partial charge is 0.326 e. The van der Waals surface area contributed by atoms with E-state index in [9.17, 15) is 4.79 Å². The van der Waals surface area contributed by atoms with E-state index in [1.165, 1.54) is 0 Å². The third-order valence-electron chi connectivity index (χ3n) is 4.39. The summed E-state index contributed by atoms with van der Waals surface area (Å²) in [4.78, 5) is 14.5. The fraction of sp³-hybridized carbons (Fsp3) is 0.941. The summed E-state index contributed by atoms with van der Waals surface area (Å²) < 4.78 is 5.20. The highest BCUT2D eigenvalue weighted by Crippen LogP contribution is 2.24. The van der Waals surface area contributed by atoms with Crippen LogP contribution in [0, 0.1) is 5.41 Å². The van der Waals surface area contributed by atoms with E-state index in [0.717, 1.165) is 25.9 Å². The van der Waals surface area contributed by atoms with Crippen LogP contribution in [0.25, 0.3) is 0 Å². The van der Waals surface area contributed by atoms with Crippen molar-refractivity contribution < 1.29 is 9.53 Å². The normalized spacial score (nSPS) is 16.6. The summed E-state index contributed by atoms with van der Waals surface area (Å²) in [5.74, 6) is -0.140. The predicted molar refractivity (Wildman–Crippen MR) is 89.5 cm³/mol. The first-order chi connectivity index (χ1) is 9.58. The summed E-state index contributed by atoms with van der Waals surface area (Å²) in [5.41, 5.74) is -0.308. The molecule has 0 bridgehead atoms. The van der Waals surface area contributed by atoms with E-state index in [4.69, 9.17) is 4.74 Å². The van der Waals surface area contributed by atoms with Crippen molar-refractivity contribution in [3.63, 3.8) is 0 Å². The van der Waals surface area contributed by atoms with E-state index in [2.05, 4.69) is 45.0 Å². The summed E-state index contributed by atoms with van der Waals surface area (Å²) >= 11 is 0. The molecule has 0 heterocycles. The minimum Gasteiger partial charge on any atom is -0.465 e. The first kappa shape index (κ1) is 20.4. The van der Waals surface area contributed by atoms with E-state index in [1.807, 2.05) is 20.8 Å². The van der Waals surface area contributed by atoms with Crippen LogP contribution in [0.1, 0.15) is 61.3 Å². The van der Waals surface area contributed by atoms with Crippen LogP contribution >= 0.6 is 0 Å². The van der Waals surface area contributed by atoms with Gasteiger partial charge in [-0.3, -0.25) is 4.79 Å². The summed E-state index contributed by atoms with van der Waals surface area (Å²) in [7, 11) is 2.16. The van der Waals surface area contributed by atoms with Gasteiger partial charge in [0.25, 0.3) is 0 Å². The highest BCUT2D eigenvalue weighted by molar-refractivity contribution is 5.80. The van der Waals surface area contributed by atoms with Crippen molar-refractivity contribution in [2.45, 2.75) is 72.9 Å². The Balaban J connectivity index is 4.48. The number of esters is 1. The average Bonchev–Trinajstić information content (AvgIpc) is 2.37. The van der Waals surface area contributed by atoms with Crippen molar-refractivity contribution >= 4 is 5.97 Å². The summed E-state index contributed by atoms with van der Waals surface area (Å²) in [6, 6.07) is 0.505. The summed E-state index contributed by atoms with van der Waals surface area (Å²) in [6.45, 7) is 17.0. The Bertz CT molecular complexity index is 312. The Morgan fingerprint density at radius 1 is 1.24 bits per heavy atom. The molecule has 0 aliphatic rings. The quantitative estimate of drug-likeness (QED) is 0.665. The molecular formula is C17H36N2O2. The van der Waals surface area contributed by atoms with Gasteiger partial charge < -0.3 is 15.0 Å². The molecule has 0 aromatic carbocycles. The lowest BCUT2D eigenvalue weighted by atomic mass is 9.87. The lowest BCUT2D eigenvalue weighted by Crippen LogP contribution is -2.51. The topological polar surface area (TPSA) is 41.6 Å². The first-order valence-corrected chi connectivity index (χ1v) is 8.21. The zero-order chi connectivity index (χ0) is 16.7. The maximum absolute atomic E-state index is 12.1. The molecule has 0 radical (unpaired) electrons. The first-order valence-electron chi connectivity index (χ1n) is 8.21. The second-order valence-electron chi connectivity index (χ2n) is 7.21. The molecule has 4 heteroatoms. The van der Waals surface area contributed by atoms with Gasteiger partial charge in [-0.1, -0.05) is 27.7 Å². The molecule has 0 spiro atoms. The van der Waals surface area contributed by atoms with E-state index < -0.39 is 5.54 Å². The van der Waals surface area contributed by atoms with Crippen LogP contribution in [0.15, 0.2) is 0 Å². The minimum absolute atomic E-state index is 0.140. The number of likely N-dealkylation sites (N-methyl/N-ethyl adjacent to an activating group) is 1. The zero-order valence-corrected chi connectivity index (χ0v) is 15.4. The lowest BCUT2D eigenvalue weighted by molar-refractivity contribution is -0.150. The summed E-state index contributed by atoms with van der Waals surface area (Å²) in [5, 5.41) is 3.28. The Hall–Kier alpha value is -0.610. The van der Waals surface area contributed by atoms with Gasteiger partial charge in [-0.15, -0.1) is 0 Å². The number of hydrogen-bond donors (Lipinski definition) is 1. The highest BCUT2D eigenvalue weighted by Gasteiger charge is 2.33. The van der Waals surface area contributed by atoms with Gasteiger partial charge in [-0.2, -0.15) is 0 Å². The molecule has 21 heavy (non-hydrogen) atoms. The second-order valence-corrected chi connectivity index (χ2v) is 7.21. The van der Waals surface area contributed by atoms with Crippen molar-refractivity contribution in [3.05, 3.63) is 0 Å². The number of carbonyl (C=O) groups excluding carboxylic acids is 1. The molecule has 0 amide bonds. The lowest BCUT2D eigenvalue weighted by Gasteiger charge is -2.36. The van der Waals surface area contributed by atoms with Crippen LogP contribution < -0.4 is 5.32 Å². The predicted octanol–water partition coefficient (Wildman–Crippen LogP) is 3.06. The van der Waals surface area contributed by atoms with E-state index in [0.29, 0.717) is 12.6 Å². The fourth-order valence-electron chi connectivity index (χ4n) is 2.48. The molecule has 4 nitrogen and oxygen atoms in total. The molecule has 0 aromatic heterocycles. The van der Waals surface area contributed by atoms with Gasteiger partial charge in [0.15, 0.2) is 0 Å². The molecule has 0 saturated carbocycles. The molecule has 0 aromatic rings. The Kier molecular flexibility index (Phi) is 8.49. The van der Waals surface area contributed by atoms with Crippen molar-refractivity contribution in [3.8, 4) is 0 Å². The molecular weight excluding hydrogens is 264 g/mol. The Morgan fingerprint density at radius 2 is 1.81 bits per heavy atom. The van der Waals surface area contributed by atoms with E-state index in [-0.39, 0.29) is 11.4 Å². The van der Waals surface area contributed by atoms with Gasteiger partial charge in [0.05, 0.1) is 6.61 Å². The number of hydrogen-bond acceptors (Lipinski definition) is 4.